The van der Waals surface area contributed by atoms with Gasteiger partial charge in [-0.3, -0.25) is 0 Å². The molecule has 1 nitrogen and oxygen atoms in total. The molecule has 86 valence electrons. The van der Waals surface area contributed by atoms with Crippen LogP contribution in [-0.4, -0.2) is 0 Å². The molecule has 0 saturated carbocycles. The first-order chi connectivity index (χ1) is 7.77. The van der Waals surface area contributed by atoms with E-state index < -0.39 is 0 Å². The lowest BCUT2D eigenvalue weighted by Gasteiger charge is -2.22. The van der Waals surface area contributed by atoms with Crippen molar-refractivity contribution in [3.05, 3.63) is 35.2 Å². The van der Waals surface area contributed by atoms with Crippen LogP contribution in [0, 0.1) is 5.92 Å². The molecule has 1 unspecified atom stereocenters. The van der Waals surface area contributed by atoms with E-state index >= 15 is 0 Å². The molecule has 16 heavy (non-hydrogen) atoms. The summed E-state index contributed by atoms with van der Waals surface area (Å²) in [6, 6.07) is 8.81. The van der Waals surface area contributed by atoms with Gasteiger partial charge in [-0.25, -0.2) is 0 Å². The number of rotatable bonds is 4. The van der Waals surface area contributed by atoms with Crippen LogP contribution in [0.15, 0.2) is 29.6 Å². The van der Waals surface area contributed by atoms with E-state index in [4.69, 9.17) is 5.73 Å². The lowest BCUT2D eigenvalue weighted by molar-refractivity contribution is 0.407. The van der Waals surface area contributed by atoms with Crippen LogP contribution in [0.25, 0.3) is 10.1 Å². The summed E-state index contributed by atoms with van der Waals surface area (Å²) in [5, 5.41) is 3.47. The lowest BCUT2D eigenvalue weighted by Crippen LogP contribution is -2.20. The van der Waals surface area contributed by atoms with Gasteiger partial charge < -0.3 is 5.73 Å². The standard InChI is InChI=1S/C14H19NS/c1-3-10(4-2)13(15)12-7-5-6-11-8-9-16-14(11)12/h5-10,13H,3-4,15H2,1-2H3. The van der Waals surface area contributed by atoms with Crippen molar-refractivity contribution in [2.24, 2.45) is 11.7 Å². The molecule has 0 bridgehead atoms. The van der Waals surface area contributed by atoms with Gasteiger partial charge in [0.05, 0.1) is 0 Å². The second-order valence-corrected chi connectivity index (χ2v) is 5.20. The van der Waals surface area contributed by atoms with Crippen molar-refractivity contribution in [1.82, 2.24) is 0 Å². The van der Waals surface area contributed by atoms with E-state index in [1.807, 2.05) is 0 Å². The van der Waals surface area contributed by atoms with Crippen LogP contribution in [0.4, 0.5) is 0 Å². The molecule has 2 heteroatoms. The Morgan fingerprint density at radius 3 is 2.62 bits per heavy atom. The van der Waals surface area contributed by atoms with E-state index in [-0.39, 0.29) is 6.04 Å². The van der Waals surface area contributed by atoms with Crippen molar-refractivity contribution in [2.45, 2.75) is 32.7 Å². The van der Waals surface area contributed by atoms with Crippen LogP contribution in [-0.2, 0) is 0 Å². The number of nitrogens with two attached hydrogens (primary N) is 1. The number of hydrogen-bond donors (Lipinski definition) is 1. The molecular weight excluding hydrogens is 214 g/mol. The van der Waals surface area contributed by atoms with Gasteiger partial charge >= 0.3 is 0 Å². The van der Waals surface area contributed by atoms with E-state index in [0.29, 0.717) is 5.92 Å². The van der Waals surface area contributed by atoms with Gasteiger partial charge in [0.1, 0.15) is 0 Å². The molecule has 0 fully saturated rings. The Kier molecular flexibility index (Phi) is 3.62. The third-order valence-corrected chi connectivity index (χ3v) is 4.40. The van der Waals surface area contributed by atoms with Crippen LogP contribution >= 0.6 is 11.3 Å². The quantitative estimate of drug-likeness (QED) is 0.835. The zero-order chi connectivity index (χ0) is 11.5. The molecule has 0 aliphatic heterocycles. The third-order valence-electron chi connectivity index (χ3n) is 3.43. The molecule has 2 N–H and O–H groups in total. The Balaban J connectivity index is 2.42. The molecule has 0 spiro atoms. The Morgan fingerprint density at radius 2 is 1.94 bits per heavy atom. The van der Waals surface area contributed by atoms with E-state index in [1.54, 1.807) is 11.3 Å². The molecule has 1 aromatic heterocycles. The van der Waals surface area contributed by atoms with Gasteiger partial charge in [-0.05, 0) is 28.3 Å². The predicted octanol–water partition coefficient (Wildman–Crippen LogP) is 4.34. The van der Waals surface area contributed by atoms with E-state index in [9.17, 15) is 0 Å². The summed E-state index contributed by atoms with van der Waals surface area (Å²) in [6.07, 6.45) is 2.30. The minimum atomic E-state index is 0.178. The highest BCUT2D eigenvalue weighted by Crippen LogP contribution is 2.33. The smallest absolute Gasteiger partial charge is 0.0390 e. The highest BCUT2D eigenvalue weighted by Gasteiger charge is 2.18. The lowest BCUT2D eigenvalue weighted by atomic mass is 9.89. The fourth-order valence-corrected chi connectivity index (χ4v) is 3.29. The monoisotopic (exact) mass is 233 g/mol. The molecule has 1 aromatic carbocycles. The Bertz CT molecular complexity index is 456. The Morgan fingerprint density at radius 1 is 1.19 bits per heavy atom. The van der Waals surface area contributed by atoms with Crippen LogP contribution in [0.3, 0.4) is 0 Å². The maximum Gasteiger partial charge on any atom is 0.0390 e. The molecule has 0 radical (unpaired) electrons. The van der Waals surface area contributed by atoms with Gasteiger partial charge in [-0.2, -0.15) is 0 Å². The van der Waals surface area contributed by atoms with E-state index in [0.717, 1.165) is 12.8 Å². The average molecular weight is 233 g/mol. The maximum atomic E-state index is 6.39. The number of fused-ring (bicyclic) bond motifs is 1. The van der Waals surface area contributed by atoms with E-state index in [2.05, 4.69) is 43.5 Å². The summed E-state index contributed by atoms with van der Waals surface area (Å²) >= 11 is 1.80. The van der Waals surface area contributed by atoms with Crippen molar-refractivity contribution in [1.29, 1.82) is 0 Å². The fraction of sp³-hybridized carbons (Fsp3) is 0.429. The minimum absolute atomic E-state index is 0.178. The summed E-state index contributed by atoms with van der Waals surface area (Å²) in [4.78, 5) is 0. The molecule has 0 aliphatic carbocycles. The number of benzene rings is 1. The first-order valence-electron chi connectivity index (χ1n) is 5.99. The van der Waals surface area contributed by atoms with Crippen molar-refractivity contribution in [3.63, 3.8) is 0 Å². The molecule has 0 amide bonds. The Labute approximate surface area is 101 Å². The predicted molar refractivity (Wildman–Crippen MR) is 72.8 cm³/mol. The van der Waals surface area contributed by atoms with Crippen molar-refractivity contribution >= 4 is 21.4 Å². The van der Waals surface area contributed by atoms with Crippen molar-refractivity contribution in [3.8, 4) is 0 Å². The maximum absolute atomic E-state index is 6.39. The summed E-state index contributed by atoms with van der Waals surface area (Å²) in [6.45, 7) is 4.45. The fourth-order valence-electron chi connectivity index (χ4n) is 2.33. The topological polar surface area (TPSA) is 26.0 Å². The largest absolute Gasteiger partial charge is 0.324 e. The summed E-state index contributed by atoms with van der Waals surface area (Å²) in [5.74, 6) is 0.590. The number of thiophene rings is 1. The number of hydrogen-bond acceptors (Lipinski definition) is 2. The summed E-state index contributed by atoms with van der Waals surface area (Å²) in [5.41, 5.74) is 7.71. The highest BCUT2D eigenvalue weighted by atomic mass is 32.1. The molecule has 1 atom stereocenters. The summed E-state index contributed by atoms with van der Waals surface area (Å²) < 4.78 is 1.36. The van der Waals surface area contributed by atoms with Gasteiger partial charge in [0.2, 0.25) is 0 Å². The summed E-state index contributed by atoms with van der Waals surface area (Å²) in [7, 11) is 0. The van der Waals surface area contributed by atoms with Gasteiger partial charge in [-0.15, -0.1) is 11.3 Å². The second-order valence-electron chi connectivity index (χ2n) is 4.29. The minimum Gasteiger partial charge on any atom is -0.324 e. The molecule has 0 saturated heterocycles. The van der Waals surface area contributed by atoms with Crippen molar-refractivity contribution < 1.29 is 0 Å². The average Bonchev–Trinajstić information content (AvgIpc) is 2.78. The van der Waals surface area contributed by atoms with Gasteiger partial charge in [0, 0.05) is 10.7 Å². The highest BCUT2D eigenvalue weighted by molar-refractivity contribution is 7.17. The molecule has 1 heterocycles. The third kappa shape index (κ3) is 2.00. The van der Waals surface area contributed by atoms with Gasteiger partial charge in [0.15, 0.2) is 0 Å². The molecule has 2 rings (SSSR count). The van der Waals surface area contributed by atoms with Crippen LogP contribution in [0.1, 0.15) is 38.3 Å². The molecule has 2 aromatic rings. The van der Waals surface area contributed by atoms with Crippen molar-refractivity contribution in [2.75, 3.05) is 0 Å². The normalized spacial score (nSPS) is 13.5. The molecule has 0 aliphatic rings. The van der Waals surface area contributed by atoms with Gasteiger partial charge in [-0.1, -0.05) is 44.9 Å². The van der Waals surface area contributed by atoms with E-state index in [1.165, 1.54) is 15.6 Å². The Hall–Kier alpha value is -0.860. The van der Waals surface area contributed by atoms with Crippen LogP contribution in [0.2, 0.25) is 0 Å². The zero-order valence-electron chi connectivity index (χ0n) is 9.94. The SMILES string of the molecule is CCC(CC)C(N)c1cccc2ccsc12. The molecular formula is C14H19NS. The second kappa shape index (κ2) is 4.98. The van der Waals surface area contributed by atoms with Crippen LogP contribution in [0.5, 0.6) is 0 Å². The first-order valence-corrected chi connectivity index (χ1v) is 6.87. The zero-order valence-corrected chi connectivity index (χ0v) is 10.8. The first kappa shape index (κ1) is 11.6. The van der Waals surface area contributed by atoms with Gasteiger partial charge in [0.25, 0.3) is 0 Å². The van der Waals surface area contributed by atoms with Crippen LogP contribution < -0.4 is 5.73 Å².